The molecule has 18 heavy (non-hydrogen) atoms. The number of rotatable bonds is 3. The summed E-state index contributed by atoms with van der Waals surface area (Å²) in [4.78, 5) is 10.7. The van der Waals surface area contributed by atoms with Gasteiger partial charge in [-0.3, -0.25) is 0 Å². The fourth-order valence-corrected chi connectivity index (χ4v) is 2.09. The van der Waals surface area contributed by atoms with Crippen LogP contribution in [0.25, 0.3) is 0 Å². The summed E-state index contributed by atoms with van der Waals surface area (Å²) in [5.74, 6) is -1.06. The van der Waals surface area contributed by atoms with Gasteiger partial charge in [0.25, 0.3) is 0 Å². The minimum absolute atomic E-state index is 0.0302. The zero-order valence-electron chi connectivity index (χ0n) is 10.6. The fourth-order valence-electron chi connectivity index (χ4n) is 2.09. The van der Waals surface area contributed by atoms with E-state index in [9.17, 15) is 4.79 Å². The highest BCUT2D eigenvalue weighted by Crippen LogP contribution is 2.17. The van der Waals surface area contributed by atoms with E-state index in [1.165, 1.54) is 22.9 Å². The van der Waals surface area contributed by atoms with Gasteiger partial charge in [0.05, 0.1) is 12.7 Å². The van der Waals surface area contributed by atoms with E-state index in [0.717, 1.165) is 5.56 Å². The number of carboxylic acid groups (broad SMARTS) is 1. The van der Waals surface area contributed by atoms with Crippen LogP contribution >= 0.6 is 0 Å². The van der Waals surface area contributed by atoms with Gasteiger partial charge < -0.3 is 5.11 Å². The lowest BCUT2D eigenvalue weighted by Gasteiger charge is -2.10. The fraction of sp³-hybridized carbons (Fsp3) is 0.308. The summed E-state index contributed by atoms with van der Waals surface area (Å²) in [6, 6.07) is 4.22. The summed E-state index contributed by atoms with van der Waals surface area (Å²) >= 11 is 0. The van der Waals surface area contributed by atoms with Crippen LogP contribution in [-0.4, -0.2) is 26.1 Å². The topological polar surface area (TPSA) is 68.0 Å². The number of aromatic nitrogens is 3. The molecule has 2 rings (SSSR count). The maximum atomic E-state index is 10.7. The van der Waals surface area contributed by atoms with Crippen LogP contribution < -0.4 is 0 Å². The average Bonchev–Trinajstić information content (AvgIpc) is 2.71. The van der Waals surface area contributed by atoms with Gasteiger partial charge >= 0.3 is 5.97 Å². The van der Waals surface area contributed by atoms with E-state index in [1.807, 2.05) is 13.8 Å². The Balaban J connectivity index is 2.31. The molecule has 0 unspecified atom stereocenters. The molecule has 1 N–H and O–H groups in total. The molecular weight excluding hydrogens is 230 g/mol. The van der Waals surface area contributed by atoms with Crippen LogP contribution in [0.1, 0.15) is 32.7 Å². The van der Waals surface area contributed by atoms with Crippen molar-refractivity contribution in [2.75, 3.05) is 0 Å². The van der Waals surface area contributed by atoms with Crippen molar-refractivity contribution < 1.29 is 9.90 Å². The lowest BCUT2D eigenvalue weighted by Crippen LogP contribution is -2.05. The van der Waals surface area contributed by atoms with Gasteiger partial charge in [0.2, 0.25) is 0 Å². The number of hydrogen-bond acceptors (Lipinski definition) is 3. The van der Waals surface area contributed by atoms with Crippen molar-refractivity contribution in [1.82, 2.24) is 15.0 Å². The van der Waals surface area contributed by atoms with E-state index < -0.39 is 5.97 Å². The van der Waals surface area contributed by atoms with Crippen LogP contribution in [-0.2, 0) is 6.54 Å². The number of aromatic carboxylic acids is 1. The van der Waals surface area contributed by atoms with Gasteiger partial charge in [0.15, 0.2) is 5.69 Å². The molecule has 1 aromatic carbocycles. The largest absolute Gasteiger partial charge is 0.476 e. The standard InChI is InChI=1S/C13H15N3O2/c1-8-4-9(2)11(10(3)5-8)6-16-7-12(13(17)18)14-15-16/h4-5,7H,6H2,1-3H3,(H,17,18). The monoisotopic (exact) mass is 245 g/mol. The Bertz CT molecular complexity index is 579. The Labute approximate surface area is 105 Å². The minimum Gasteiger partial charge on any atom is -0.476 e. The molecule has 0 amide bonds. The number of carboxylic acids is 1. The smallest absolute Gasteiger partial charge is 0.358 e. The number of carbonyl (C=O) groups is 1. The second-order valence-corrected chi connectivity index (χ2v) is 4.48. The molecule has 94 valence electrons. The minimum atomic E-state index is -1.06. The highest BCUT2D eigenvalue weighted by Gasteiger charge is 2.10. The zero-order valence-corrected chi connectivity index (χ0v) is 10.6. The van der Waals surface area contributed by atoms with Crippen LogP contribution in [0, 0.1) is 20.8 Å². The van der Waals surface area contributed by atoms with Gasteiger partial charge in [-0.25, -0.2) is 9.48 Å². The third-order valence-electron chi connectivity index (χ3n) is 2.92. The molecule has 1 aromatic heterocycles. The van der Waals surface area contributed by atoms with Gasteiger partial charge in [0.1, 0.15) is 0 Å². The first-order valence-corrected chi connectivity index (χ1v) is 5.67. The second-order valence-electron chi connectivity index (χ2n) is 4.48. The molecule has 0 atom stereocenters. The SMILES string of the molecule is Cc1cc(C)c(Cn2cc(C(=O)O)nn2)c(C)c1. The van der Waals surface area contributed by atoms with Gasteiger partial charge in [-0.15, -0.1) is 5.10 Å². The van der Waals surface area contributed by atoms with E-state index in [0.29, 0.717) is 6.54 Å². The summed E-state index contributed by atoms with van der Waals surface area (Å²) in [6.45, 7) is 6.69. The third-order valence-corrected chi connectivity index (χ3v) is 2.92. The van der Waals surface area contributed by atoms with E-state index in [4.69, 9.17) is 5.11 Å². The molecule has 0 saturated carbocycles. The van der Waals surface area contributed by atoms with E-state index in [1.54, 1.807) is 4.68 Å². The van der Waals surface area contributed by atoms with Crippen molar-refractivity contribution >= 4 is 5.97 Å². The van der Waals surface area contributed by atoms with Crippen molar-refractivity contribution in [1.29, 1.82) is 0 Å². The molecule has 0 bridgehead atoms. The Morgan fingerprint density at radius 3 is 2.39 bits per heavy atom. The predicted octanol–water partition coefficient (Wildman–Crippen LogP) is 1.95. The summed E-state index contributed by atoms with van der Waals surface area (Å²) in [7, 11) is 0. The van der Waals surface area contributed by atoms with E-state index in [-0.39, 0.29) is 5.69 Å². The maximum Gasteiger partial charge on any atom is 0.358 e. The molecule has 0 aliphatic carbocycles. The molecule has 1 heterocycles. The summed E-state index contributed by atoms with van der Waals surface area (Å²) in [5.41, 5.74) is 4.71. The first-order valence-electron chi connectivity index (χ1n) is 5.67. The van der Waals surface area contributed by atoms with Crippen molar-refractivity contribution in [3.63, 3.8) is 0 Å². The molecule has 0 saturated heterocycles. The number of benzene rings is 1. The van der Waals surface area contributed by atoms with Crippen LogP contribution in [0.2, 0.25) is 0 Å². The Morgan fingerprint density at radius 1 is 1.28 bits per heavy atom. The number of aryl methyl sites for hydroxylation is 3. The van der Waals surface area contributed by atoms with Gasteiger partial charge in [0, 0.05) is 0 Å². The van der Waals surface area contributed by atoms with Crippen molar-refractivity contribution in [2.45, 2.75) is 27.3 Å². The van der Waals surface area contributed by atoms with Gasteiger partial charge in [-0.1, -0.05) is 22.9 Å². The van der Waals surface area contributed by atoms with E-state index >= 15 is 0 Å². The number of hydrogen-bond donors (Lipinski definition) is 1. The summed E-state index contributed by atoms with van der Waals surface area (Å²) in [5, 5.41) is 16.2. The molecule has 2 aromatic rings. The molecular formula is C13H15N3O2. The van der Waals surface area contributed by atoms with Gasteiger partial charge in [-0.2, -0.15) is 0 Å². The van der Waals surface area contributed by atoms with Crippen LogP contribution in [0.15, 0.2) is 18.3 Å². The maximum absolute atomic E-state index is 10.7. The van der Waals surface area contributed by atoms with Crippen molar-refractivity contribution in [2.24, 2.45) is 0 Å². The highest BCUT2D eigenvalue weighted by molar-refractivity contribution is 5.84. The highest BCUT2D eigenvalue weighted by atomic mass is 16.4. The summed E-state index contributed by atoms with van der Waals surface area (Å²) in [6.07, 6.45) is 1.45. The Hall–Kier alpha value is -2.17. The molecule has 5 heteroatoms. The first kappa shape index (κ1) is 12.3. The molecule has 0 aliphatic heterocycles. The quantitative estimate of drug-likeness (QED) is 0.897. The summed E-state index contributed by atoms with van der Waals surface area (Å²) < 4.78 is 1.55. The third kappa shape index (κ3) is 2.40. The van der Waals surface area contributed by atoms with Crippen LogP contribution in [0.5, 0.6) is 0 Å². The second kappa shape index (κ2) is 4.60. The van der Waals surface area contributed by atoms with Crippen LogP contribution in [0.3, 0.4) is 0 Å². The predicted molar refractivity (Wildman–Crippen MR) is 66.7 cm³/mol. The van der Waals surface area contributed by atoms with Gasteiger partial charge in [-0.05, 0) is 37.5 Å². The Morgan fingerprint density at radius 2 is 1.89 bits per heavy atom. The molecule has 0 aliphatic rings. The van der Waals surface area contributed by atoms with Crippen LogP contribution in [0.4, 0.5) is 0 Å². The lowest BCUT2D eigenvalue weighted by molar-refractivity contribution is 0.0690. The first-order chi connectivity index (χ1) is 8.47. The van der Waals surface area contributed by atoms with E-state index in [2.05, 4.69) is 29.4 Å². The zero-order chi connectivity index (χ0) is 13.3. The molecule has 5 nitrogen and oxygen atoms in total. The molecule has 0 radical (unpaired) electrons. The normalized spacial score (nSPS) is 10.6. The molecule has 0 spiro atoms. The number of nitrogens with zero attached hydrogens (tertiary/aromatic N) is 3. The lowest BCUT2D eigenvalue weighted by atomic mass is 10.00. The average molecular weight is 245 g/mol. The Kier molecular flexibility index (Phi) is 3.14. The van der Waals surface area contributed by atoms with Crippen molar-refractivity contribution in [3.05, 3.63) is 46.3 Å². The molecule has 0 fully saturated rings. The van der Waals surface area contributed by atoms with Crippen molar-refractivity contribution in [3.8, 4) is 0 Å².